The molecule has 0 bridgehead atoms. The average Bonchev–Trinajstić information content (AvgIpc) is 2.99. The quantitative estimate of drug-likeness (QED) is 0.719. The summed E-state index contributed by atoms with van der Waals surface area (Å²) in [5.41, 5.74) is -0.113. The summed E-state index contributed by atoms with van der Waals surface area (Å²) in [6.45, 7) is 0. The number of nitriles is 1. The molecule has 1 aliphatic rings. The van der Waals surface area contributed by atoms with Gasteiger partial charge in [-0.2, -0.15) is 5.26 Å². The first kappa shape index (κ1) is 9.01. The molecule has 72 valence electrons. The van der Waals surface area contributed by atoms with Crippen molar-refractivity contribution in [3.05, 3.63) is 29.6 Å². The summed E-state index contributed by atoms with van der Waals surface area (Å²) in [4.78, 5) is 0. The van der Waals surface area contributed by atoms with Gasteiger partial charge in [-0.1, -0.05) is 12.1 Å². The van der Waals surface area contributed by atoms with E-state index in [1.165, 1.54) is 7.11 Å². The van der Waals surface area contributed by atoms with Crippen LogP contribution >= 0.6 is 0 Å². The Hall–Kier alpha value is -1.56. The first-order valence-electron chi connectivity index (χ1n) is 4.48. The van der Waals surface area contributed by atoms with Crippen molar-refractivity contribution in [3.63, 3.8) is 0 Å². The maximum absolute atomic E-state index is 13.7. The van der Waals surface area contributed by atoms with Crippen LogP contribution in [-0.2, 0) is 5.41 Å². The average molecular weight is 191 g/mol. The number of benzene rings is 1. The topological polar surface area (TPSA) is 33.0 Å². The fourth-order valence-electron chi connectivity index (χ4n) is 1.60. The zero-order valence-electron chi connectivity index (χ0n) is 7.88. The molecule has 1 aromatic carbocycles. The highest BCUT2D eigenvalue weighted by atomic mass is 19.1. The smallest absolute Gasteiger partial charge is 0.169 e. The van der Waals surface area contributed by atoms with E-state index >= 15 is 0 Å². The van der Waals surface area contributed by atoms with Crippen LogP contribution in [0.2, 0.25) is 0 Å². The maximum Gasteiger partial charge on any atom is 0.169 e. The van der Waals surface area contributed by atoms with E-state index < -0.39 is 11.2 Å². The molecule has 0 spiro atoms. The van der Waals surface area contributed by atoms with Crippen LogP contribution in [0.1, 0.15) is 18.4 Å². The Morgan fingerprint density at radius 3 is 2.71 bits per heavy atom. The summed E-state index contributed by atoms with van der Waals surface area (Å²) in [7, 11) is 1.42. The van der Waals surface area contributed by atoms with Gasteiger partial charge in [0, 0.05) is 5.56 Å². The van der Waals surface area contributed by atoms with Gasteiger partial charge >= 0.3 is 0 Å². The van der Waals surface area contributed by atoms with Crippen molar-refractivity contribution in [2.45, 2.75) is 18.3 Å². The van der Waals surface area contributed by atoms with Crippen LogP contribution in [0, 0.1) is 17.1 Å². The van der Waals surface area contributed by atoms with Crippen molar-refractivity contribution >= 4 is 0 Å². The van der Waals surface area contributed by atoms with Gasteiger partial charge in [-0.15, -0.1) is 0 Å². The number of halogens is 1. The zero-order valence-corrected chi connectivity index (χ0v) is 7.88. The van der Waals surface area contributed by atoms with E-state index in [1.54, 1.807) is 18.2 Å². The van der Waals surface area contributed by atoms with Crippen molar-refractivity contribution in [2.24, 2.45) is 0 Å². The summed E-state index contributed by atoms with van der Waals surface area (Å²) >= 11 is 0. The van der Waals surface area contributed by atoms with E-state index in [1.807, 2.05) is 0 Å². The van der Waals surface area contributed by atoms with Crippen molar-refractivity contribution in [1.82, 2.24) is 0 Å². The number of methoxy groups -OCH3 is 1. The minimum atomic E-state index is -0.585. The van der Waals surface area contributed by atoms with Crippen LogP contribution in [0.4, 0.5) is 4.39 Å². The molecule has 0 atom stereocenters. The van der Waals surface area contributed by atoms with Crippen LogP contribution in [0.25, 0.3) is 0 Å². The lowest BCUT2D eigenvalue weighted by Crippen LogP contribution is -2.06. The van der Waals surface area contributed by atoms with E-state index in [-0.39, 0.29) is 5.75 Å². The Morgan fingerprint density at radius 2 is 2.21 bits per heavy atom. The zero-order chi connectivity index (χ0) is 10.2. The van der Waals surface area contributed by atoms with E-state index in [9.17, 15) is 4.39 Å². The predicted molar refractivity (Wildman–Crippen MR) is 49.5 cm³/mol. The number of rotatable bonds is 2. The SMILES string of the molecule is COc1cccc(C2(C#N)CC2)c1F. The van der Waals surface area contributed by atoms with Crippen LogP contribution in [0.5, 0.6) is 5.75 Å². The maximum atomic E-state index is 13.7. The molecule has 0 N–H and O–H groups in total. The lowest BCUT2D eigenvalue weighted by atomic mass is 9.97. The first-order valence-corrected chi connectivity index (χ1v) is 4.48. The van der Waals surface area contributed by atoms with Crippen LogP contribution < -0.4 is 4.74 Å². The van der Waals surface area contributed by atoms with E-state index in [0.717, 1.165) is 12.8 Å². The van der Waals surface area contributed by atoms with Gasteiger partial charge in [-0.25, -0.2) is 4.39 Å². The second-order valence-electron chi connectivity index (χ2n) is 3.52. The highest BCUT2D eigenvalue weighted by Gasteiger charge is 2.47. The first-order chi connectivity index (χ1) is 6.73. The lowest BCUT2D eigenvalue weighted by molar-refractivity contribution is 0.383. The molecule has 2 nitrogen and oxygen atoms in total. The van der Waals surface area contributed by atoms with E-state index in [4.69, 9.17) is 10.00 Å². The monoisotopic (exact) mass is 191 g/mol. The van der Waals surface area contributed by atoms with Crippen LogP contribution in [0.3, 0.4) is 0 Å². The molecule has 0 aromatic heterocycles. The van der Waals surface area contributed by atoms with Gasteiger partial charge < -0.3 is 4.74 Å². The van der Waals surface area contributed by atoms with Crippen molar-refractivity contribution in [2.75, 3.05) is 7.11 Å². The predicted octanol–water partition coefficient (Wildman–Crippen LogP) is 2.39. The molecule has 3 heteroatoms. The van der Waals surface area contributed by atoms with Gasteiger partial charge in [-0.05, 0) is 18.9 Å². The van der Waals surface area contributed by atoms with Gasteiger partial charge in [0.1, 0.15) is 0 Å². The normalized spacial score (nSPS) is 17.2. The van der Waals surface area contributed by atoms with Gasteiger partial charge in [0.2, 0.25) is 0 Å². The van der Waals surface area contributed by atoms with E-state index in [0.29, 0.717) is 5.56 Å². The fraction of sp³-hybridized carbons (Fsp3) is 0.364. The second-order valence-corrected chi connectivity index (χ2v) is 3.52. The molecule has 1 fully saturated rings. The molecule has 1 saturated carbocycles. The second kappa shape index (κ2) is 2.98. The summed E-state index contributed by atoms with van der Waals surface area (Å²) in [6, 6.07) is 7.10. The third kappa shape index (κ3) is 1.15. The van der Waals surface area contributed by atoms with Gasteiger partial charge in [0.25, 0.3) is 0 Å². The number of hydrogen-bond acceptors (Lipinski definition) is 2. The Kier molecular flexibility index (Phi) is 1.92. The molecule has 1 aliphatic carbocycles. The molecule has 0 aliphatic heterocycles. The summed E-state index contributed by atoms with van der Waals surface area (Å²) < 4.78 is 18.6. The van der Waals surface area contributed by atoms with Crippen molar-refractivity contribution in [3.8, 4) is 11.8 Å². The number of nitrogens with zero attached hydrogens (tertiary/aromatic N) is 1. The third-order valence-electron chi connectivity index (χ3n) is 2.66. The van der Waals surface area contributed by atoms with Crippen molar-refractivity contribution in [1.29, 1.82) is 5.26 Å². The molecule has 0 heterocycles. The van der Waals surface area contributed by atoms with Gasteiger partial charge in [0.05, 0.1) is 18.6 Å². The summed E-state index contributed by atoms with van der Waals surface area (Å²) in [6.07, 6.45) is 1.49. The highest BCUT2D eigenvalue weighted by Crippen LogP contribution is 2.49. The summed E-state index contributed by atoms with van der Waals surface area (Å²) in [5, 5.41) is 8.94. The molecular weight excluding hydrogens is 181 g/mol. The highest BCUT2D eigenvalue weighted by molar-refractivity contribution is 5.44. The molecular formula is C11H10FNO. The fourth-order valence-corrected chi connectivity index (χ4v) is 1.60. The molecule has 0 saturated heterocycles. The molecule has 1 aromatic rings. The molecule has 14 heavy (non-hydrogen) atoms. The number of hydrogen-bond donors (Lipinski definition) is 0. The molecule has 2 rings (SSSR count). The molecule has 0 unspecified atom stereocenters. The third-order valence-corrected chi connectivity index (χ3v) is 2.66. The van der Waals surface area contributed by atoms with Crippen molar-refractivity contribution < 1.29 is 9.13 Å². The Labute approximate surface area is 81.9 Å². The Bertz CT molecular complexity index is 404. The van der Waals surface area contributed by atoms with Crippen LogP contribution in [0.15, 0.2) is 18.2 Å². The standard InChI is InChI=1S/C11H10FNO/c1-14-9-4-2-3-8(10(9)12)11(7-13)5-6-11/h2-4H,5-6H2,1H3. The summed E-state index contributed by atoms with van der Waals surface area (Å²) in [5.74, 6) is -0.182. The Morgan fingerprint density at radius 1 is 1.50 bits per heavy atom. The minimum absolute atomic E-state index is 0.212. The molecule has 0 radical (unpaired) electrons. The van der Waals surface area contributed by atoms with Crippen LogP contribution in [-0.4, -0.2) is 7.11 Å². The lowest BCUT2D eigenvalue weighted by Gasteiger charge is -2.10. The largest absolute Gasteiger partial charge is 0.494 e. The van der Waals surface area contributed by atoms with Gasteiger partial charge in [-0.3, -0.25) is 0 Å². The number of ether oxygens (including phenoxy) is 1. The molecule has 0 amide bonds. The Balaban J connectivity index is 2.50. The minimum Gasteiger partial charge on any atom is -0.494 e. The van der Waals surface area contributed by atoms with E-state index in [2.05, 4.69) is 6.07 Å². The van der Waals surface area contributed by atoms with Gasteiger partial charge in [0.15, 0.2) is 11.6 Å².